The van der Waals surface area contributed by atoms with E-state index < -0.39 is 5.97 Å². The lowest BCUT2D eigenvalue weighted by Gasteiger charge is -2.23. The lowest BCUT2D eigenvalue weighted by atomic mass is 10.1. The fourth-order valence-corrected chi connectivity index (χ4v) is 1.94. The number of rotatable bonds is 6. The first-order valence-electron chi connectivity index (χ1n) is 6.09. The number of aliphatic carboxylic acids is 1. The normalized spacial score (nSPS) is 14.7. The molecule has 1 N–H and O–H groups in total. The van der Waals surface area contributed by atoms with Crippen LogP contribution < -0.4 is 4.90 Å². The van der Waals surface area contributed by atoms with E-state index in [0.717, 1.165) is 18.2 Å². The molecule has 0 amide bonds. The molecule has 94 valence electrons. The highest BCUT2D eigenvalue weighted by molar-refractivity contribution is 5.85. The summed E-state index contributed by atoms with van der Waals surface area (Å²) in [5.74, 6) is -0.926. The third-order valence-corrected chi connectivity index (χ3v) is 2.96. The number of benzene rings is 1. The van der Waals surface area contributed by atoms with Crippen molar-refractivity contribution in [3.63, 3.8) is 0 Å². The topological polar surface area (TPSA) is 40.5 Å². The van der Waals surface area contributed by atoms with Crippen molar-refractivity contribution < 1.29 is 9.90 Å². The van der Waals surface area contributed by atoms with Crippen molar-refractivity contribution in [2.45, 2.75) is 18.9 Å². The number of hydrogen-bond acceptors (Lipinski definition) is 2. The second-order valence-electron chi connectivity index (χ2n) is 4.44. The Balaban J connectivity index is 2.10. The Morgan fingerprint density at radius 2 is 2.06 bits per heavy atom. The first-order chi connectivity index (χ1) is 8.70. The van der Waals surface area contributed by atoms with E-state index >= 15 is 0 Å². The predicted octanol–water partition coefficient (Wildman–Crippen LogP) is 2.94. The molecule has 3 heteroatoms. The Morgan fingerprint density at radius 3 is 2.56 bits per heavy atom. The van der Waals surface area contributed by atoms with Gasteiger partial charge < -0.3 is 10.0 Å². The lowest BCUT2D eigenvalue weighted by Crippen LogP contribution is -2.25. The zero-order valence-corrected chi connectivity index (χ0v) is 10.2. The van der Waals surface area contributed by atoms with Crippen LogP contribution in [0.4, 0.5) is 5.69 Å². The van der Waals surface area contributed by atoms with Crippen molar-refractivity contribution in [3.8, 4) is 0 Å². The quantitative estimate of drug-likeness (QED) is 0.617. The summed E-state index contributed by atoms with van der Waals surface area (Å²) in [6, 6.07) is 8.58. The van der Waals surface area contributed by atoms with Crippen molar-refractivity contribution in [2.24, 2.45) is 0 Å². The fourth-order valence-electron chi connectivity index (χ4n) is 1.94. The first kappa shape index (κ1) is 12.4. The Kier molecular flexibility index (Phi) is 3.82. The molecule has 0 atom stereocenters. The average molecular weight is 243 g/mol. The second kappa shape index (κ2) is 5.54. The van der Waals surface area contributed by atoms with Crippen molar-refractivity contribution in [1.82, 2.24) is 0 Å². The Labute approximate surface area is 107 Å². The van der Waals surface area contributed by atoms with Gasteiger partial charge in [0, 0.05) is 24.4 Å². The monoisotopic (exact) mass is 243 g/mol. The van der Waals surface area contributed by atoms with Gasteiger partial charge in [-0.15, -0.1) is 6.58 Å². The minimum Gasteiger partial charge on any atom is -0.478 e. The fraction of sp³-hybridized carbons (Fsp3) is 0.267. The Bertz CT molecular complexity index is 458. The van der Waals surface area contributed by atoms with Gasteiger partial charge in [-0.3, -0.25) is 0 Å². The molecule has 0 spiro atoms. The largest absolute Gasteiger partial charge is 0.478 e. The van der Waals surface area contributed by atoms with E-state index in [4.69, 9.17) is 5.11 Å². The molecule has 0 unspecified atom stereocenters. The SMILES string of the molecule is C=CCN(c1ccc(/C=C/C(=O)O)cc1)C1CC1. The number of carboxylic acids is 1. The maximum atomic E-state index is 10.4. The van der Waals surface area contributed by atoms with Crippen molar-refractivity contribution in [3.05, 3.63) is 48.6 Å². The highest BCUT2D eigenvalue weighted by Crippen LogP contribution is 2.31. The van der Waals surface area contributed by atoms with Gasteiger partial charge in [0.25, 0.3) is 0 Å². The summed E-state index contributed by atoms with van der Waals surface area (Å²) in [6.45, 7) is 4.64. The highest BCUT2D eigenvalue weighted by Gasteiger charge is 2.28. The molecule has 1 aromatic rings. The molecule has 0 aromatic heterocycles. The summed E-state index contributed by atoms with van der Waals surface area (Å²) in [5.41, 5.74) is 2.07. The Hall–Kier alpha value is -2.03. The number of carboxylic acid groups (broad SMARTS) is 1. The van der Waals surface area contributed by atoms with Crippen molar-refractivity contribution in [1.29, 1.82) is 0 Å². The summed E-state index contributed by atoms with van der Waals surface area (Å²) >= 11 is 0. The summed E-state index contributed by atoms with van der Waals surface area (Å²) < 4.78 is 0. The minimum absolute atomic E-state index is 0.642. The first-order valence-corrected chi connectivity index (χ1v) is 6.09. The molecule has 0 saturated heterocycles. The summed E-state index contributed by atoms with van der Waals surface area (Å²) in [4.78, 5) is 12.8. The molecule has 1 saturated carbocycles. The van der Waals surface area contributed by atoms with E-state index in [1.807, 2.05) is 30.3 Å². The molecular weight excluding hydrogens is 226 g/mol. The van der Waals surface area contributed by atoms with Crippen LogP contribution in [0.3, 0.4) is 0 Å². The molecular formula is C15H17NO2. The van der Waals surface area contributed by atoms with Gasteiger partial charge in [-0.25, -0.2) is 4.79 Å². The maximum Gasteiger partial charge on any atom is 0.328 e. The number of nitrogens with zero attached hydrogens (tertiary/aromatic N) is 1. The highest BCUT2D eigenvalue weighted by atomic mass is 16.4. The van der Waals surface area contributed by atoms with E-state index in [9.17, 15) is 4.79 Å². The van der Waals surface area contributed by atoms with Crippen LogP contribution in [0.15, 0.2) is 43.0 Å². The second-order valence-corrected chi connectivity index (χ2v) is 4.44. The van der Waals surface area contributed by atoms with Crippen LogP contribution in [0.2, 0.25) is 0 Å². The van der Waals surface area contributed by atoms with Crippen molar-refractivity contribution >= 4 is 17.7 Å². The maximum absolute atomic E-state index is 10.4. The van der Waals surface area contributed by atoms with Gasteiger partial charge in [0.2, 0.25) is 0 Å². The van der Waals surface area contributed by atoms with Crippen LogP contribution in [0.1, 0.15) is 18.4 Å². The smallest absolute Gasteiger partial charge is 0.328 e. The predicted molar refractivity (Wildman–Crippen MR) is 73.7 cm³/mol. The number of carbonyl (C=O) groups is 1. The van der Waals surface area contributed by atoms with E-state index in [0.29, 0.717) is 6.04 Å². The molecule has 3 nitrogen and oxygen atoms in total. The van der Waals surface area contributed by atoms with Gasteiger partial charge in [0.1, 0.15) is 0 Å². The molecule has 0 bridgehead atoms. The van der Waals surface area contributed by atoms with Gasteiger partial charge in [0.05, 0.1) is 0 Å². The zero-order valence-electron chi connectivity index (χ0n) is 10.2. The van der Waals surface area contributed by atoms with Crippen LogP contribution in [0, 0.1) is 0 Å². The lowest BCUT2D eigenvalue weighted by molar-refractivity contribution is -0.131. The summed E-state index contributed by atoms with van der Waals surface area (Å²) in [5, 5.41) is 8.56. The van der Waals surface area contributed by atoms with Gasteiger partial charge in [-0.1, -0.05) is 18.2 Å². The van der Waals surface area contributed by atoms with Crippen LogP contribution in [-0.2, 0) is 4.79 Å². The third-order valence-electron chi connectivity index (χ3n) is 2.96. The molecule has 1 fully saturated rings. The molecule has 18 heavy (non-hydrogen) atoms. The molecule has 1 aromatic carbocycles. The third kappa shape index (κ3) is 3.23. The summed E-state index contributed by atoms with van der Waals surface area (Å²) in [7, 11) is 0. The van der Waals surface area contributed by atoms with Crippen LogP contribution in [0.5, 0.6) is 0 Å². The zero-order chi connectivity index (χ0) is 13.0. The van der Waals surface area contributed by atoms with E-state index in [-0.39, 0.29) is 0 Å². The van der Waals surface area contributed by atoms with Gasteiger partial charge in [0.15, 0.2) is 0 Å². The van der Waals surface area contributed by atoms with E-state index in [1.165, 1.54) is 18.5 Å². The summed E-state index contributed by atoms with van der Waals surface area (Å²) in [6.07, 6.45) is 7.15. The van der Waals surface area contributed by atoms with Crippen LogP contribution >= 0.6 is 0 Å². The van der Waals surface area contributed by atoms with E-state index in [1.54, 1.807) is 6.08 Å². The molecule has 1 aliphatic carbocycles. The number of hydrogen-bond donors (Lipinski definition) is 1. The standard InChI is InChI=1S/C15H17NO2/c1-2-11-16(14-8-9-14)13-6-3-12(4-7-13)5-10-15(17)18/h2-7,10,14H,1,8-9,11H2,(H,17,18)/b10-5+. The van der Waals surface area contributed by atoms with Gasteiger partial charge >= 0.3 is 5.97 Å². The van der Waals surface area contributed by atoms with Crippen LogP contribution in [-0.4, -0.2) is 23.7 Å². The molecule has 0 aliphatic heterocycles. The number of anilines is 1. The molecule has 2 rings (SSSR count). The molecule has 0 heterocycles. The molecule has 1 aliphatic rings. The molecule has 0 radical (unpaired) electrons. The van der Waals surface area contributed by atoms with Gasteiger partial charge in [-0.05, 0) is 36.6 Å². The van der Waals surface area contributed by atoms with Gasteiger partial charge in [-0.2, -0.15) is 0 Å². The average Bonchev–Trinajstić information content (AvgIpc) is 3.18. The van der Waals surface area contributed by atoms with Crippen LogP contribution in [0.25, 0.3) is 6.08 Å². The minimum atomic E-state index is -0.926. The Morgan fingerprint density at radius 1 is 1.39 bits per heavy atom. The van der Waals surface area contributed by atoms with Crippen molar-refractivity contribution in [2.75, 3.05) is 11.4 Å². The van der Waals surface area contributed by atoms with E-state index in [2.05, 4.69) is 11.5 Å².